The van der Waals surface area contributed by atoms with Crippen LogP contribution in [-0.2, 0) is 4.79 Å². The second-order valence-electron chi connectivity index (χ2n) is 6.97. The van der Waals surface area contributed by atoms with E-state index in [1.165, 1.54) is 0 Å². The maximum atomic E-state index is 11.8. The smallest absolute Gasteiger partial charge is 0.237 e. The molecule has 3 N–H and O–H groups in total. The summed E-state index contributed by atoms with van der Waals surface area (Å²) in [6, 6.07) is 0.309. The fourth-order valence-corrected chi connectivity index (χ4v) is 2.66. The monoisotopic (exact) mass is 300 g/mol. The van der Waals surface area contributed by atoms with E-state index >= 15 is 0 Å². The van der Waals surface area contributed by atoms with Crippen LogP contribution in [0.15, 0.2) is 0 Å². The Morgan fingerprint density at radius 2 is 1.81 bits per heavy atom. The molecule has 21 heavy (non-hydrogen) atoms. The van der Waals surface area contributed by atoms with Gasteiger partial charge in [-0.15, -0.1) is 0 Å². The van der Waals surface area contributed by atoms with Gasteiger partial charge in [-0.3, -0.25) is 9.69 Å². The first-order valence-corrected chi connectivity index (χ1v) is 8.06. The molecule has 5 nitrogen and oxygen atoms in total. The van der Waals surface area contributed by atoms with Crippen molar-refractivity contribution in [3.8, 4) is 0 Å². The first-order chi connectivity index (χ1) is 9.62. The van der Waals surface area contributed by atoms with Crippen molar-refractivity contribution >= 4 is 5.91 Å². The maximum absolute atomic E-state index is 11.8. The number of rotatable bonds is 11. The summed E-state index contributed by atoms with van der Waals surface area (Å²) in [7, 11) is 4.18. The quantitative estimate of drug-likeness (QED) is 0.601. The molecule has 0 aromatic rings. The lowest BCUT2D eigenvalue weighted by atomic mass is 9.91. The van der Waals surface area contributed by atoms with E-state index in [1.807, 2.05) is 13.8 Å². The van der Waals surface area contributed by atoms with E-state index in [4.69, 9.17) is 5.73 Å². The van der Waals surface area contributed by atoms with E-state index in [1.54, 1.807) is 0 Å². The van der Waals surface area contributed by atoms with E-state index in [9.17, 15) is 4.79 Å². The minimum atomic E-state index is -0.637. The average Bonchev–Trinajstić information content (AvgIpc) is 2.33. The second kappa shape index (κ2) is 9.38. The van der Waals surface area contributed by atoms with Gasteiger partial charge in [0.2, 0.25) is 5.91 Å². The molecule has 0 saturated heterocycles. The highest BCUT2D eigenvalue weighted by Gasteiger charge is 2.33. The Morgan fingerprint density at radius 3 is 2.19 bits per heavy atom. The van der Waals surface area contributed by atoms with Gasteiger partial charge in [-0.1, -0.05) is 20.8 Å². The van der Waals surface area contributed by atoms with Crippen LogP contribution in [-0.4, -0.2) is 67.6 Å². The summed E-state index contributed by atoms with van der Waals surface area (Å²) in [5.74, 6) is 0.335. The van der Waals surface area contributed by atoms with Crippen molar-refractivity contribution in [2.24, 2.45) is 11.7 Å². The zero-order chi connectivity index (χ0) is 16.6. The Kier molecular flexibility index (Phi) is 9.09. The van der Waals surface area contributed by atoms with Crippen molar-refractivity contribution in [2.75, 3.05) is 40.3 Å². The van der Waals surface area contributed by atoms with Crippen molar-refractivity contribution in [1.29, 1.82) is 0 Å². The lowest BCUT2D eigenvalue weighted by Gasteiger charge is -2.37. The highest BCUT2D eigenvalue weighted by atomic mass is 16.1. The molecule has 0 aliphatic heterocycles. The van der Waals surface area contributed by atoms with Gasteiger partial charge in [-0.05, 0) is 46.8 Å². The molecule has 0 aliphatic rings. The number of amides is 1. The minimum Gasteiger partial charge on any atom is -0.368 e. The molecule has 5 heteroatoms. The Bertz CT molecular complexity index is 307. The highest BCUT2D eigenvalue weighted by molar-refractivity contribution is 5.84. The van der Waals surface area contributed by atoms with Gasteiger partial charge in [0.1, 0.15) is 0 Å². The zero-order valence-corrected chi connectivity index (χ0v) is 15.1. The van der Waals surface area contributed by atoms with E-state index < -0.39 is 5.54 Å². The van der Waals surface area contributed by atoms with Gasteiger partial charge in [0.25, 0.3) is 0 Å². The van der Waals surface area contributed by atoms with Crippen LogP contribution < -0.4 is 11.1 Å². The van der Waals surface area contributed by atoms with Gasteiger partial charge < -0.3 is 16.0 Å². The largest absolute Gasteiger partial charge is 0.368 e. The van der Waals surface area contributed by atoms with Crippen LogP contribution in [0.4, 0.5) is 0 Å². The molecular formula is C16H36N4O. The van der Waals surface area contributed by atoms with Crippen LogP contribution in [0.2, 0.25) is 0 Å². The van der Waals surface area contributed by atoms with Crippen LogP contribution in [0.5, 0.6) is 0 Å². The molecule has 0 bridgehead atoms. The van der Waals surface area contributed by atoms with Crippen LogP contribution in [0.3, 0.4) is 0 Å². The lowest BCUT2D eigenvalue weighted by Crippen LogP contribution is -2.56. The SMILES string of the molecule is CCNC(C)(CC(C)N(CCN(C)C)CC(C)C)C(N)=O. The van der Waals surface area contributed by atoms with Crippen molar-refractivity contribution in [2.45, 2.75) is 52.6 Å². The minimum absolute atomic E-state index is 0.270. The predicted octanol–water partition coefficient (Wildman–Crippen LogP) is 1.14. The summed E-state index contributed by atoms with van der Waals surface area (Å²) in [6.45, 7) is 14.4. The Balaban J connectivity index is 4.83. The average molecular weight is 300 g/mol. The molecular weight excluding hydrogens is 264 g/mol. The van der Waals surface area contributed by atoms with Crippen LogP contribution in [0, 0.1) is 5.92 Å². The van der Waals surface area contributed by atoms with Gasteiger partial charge in [0, 0.05) is 25.7 Å². The normalized spacial score (nSPS) is 16.5. The maximum Gasteiger partial charge on any atom is 0.237 e. The summed E-state index contributed by atoms with van der Waals surface area (Å²) in [5.41, 5.74) is 4.96. The standard InChI is InChI=1S/C16H36N4O/c1-8-18-16(5,15(17)21)11-14(4)20(12-13(2)3)10-9-19(6)7/h13-14,18H,8-12H2,1-7H3,(H2,17,21). The van der Waals surface area contributed by atoms with E-state index in [0.29, 0.717) is 12.0 Å². The molecule has 0 radical (unpaired) electrons. The Hall–Kier alpha value is -0.650. The van der Waals surface area contributed by atoms with Crippen LogP contribution in [0.1, 0.15) is 41.0 Å². The molecule has 0 heterocycles. The second-order valence-corrected chi connectivity index (χ2v) is 6.97. The first kappa shape index (κ1) is 20.3. The van der Waals surface area contributed by atoms with Gasteiger partial charge in [0.15, 0.2) is 0 Å². The third-order valence-electron chi connectivity index (χ3n) is 3.87. The molecule has 126 valence electrons. The number of carbonyl (C=O) groups excluding carboxylic acids is 1. The topological polar surface area (TPSA) is 61.6 Å². The molecule has 2 atom stereocenters. The number of likely N-dealkylation sites (N-methyl/N-ethyl adjacent to an activating group) is 2. The molecule has 0 aliphatic carbocycles. The Morgan fingerprint density at radius 1 is 1.24 bits per heavy atom. The highest BCUT2D eigenvalue weighted by Crippen LogP contribution is 2.17. The Labute approximate surface area is 131 Å². The molecule has 0 fully saturated rings. The molecule has 2 unspecified atom stereocenters. The summed E-state index contributed by atoms with van der Waals surface area (Å²) in [5, 5.41) is 3.25. The summed E-state index contributed by atoms with van der Waals surface area (Å²) >= 11 is 0. The summed E-state index contributed by atoms with van der Waals surface area (Å²) in [6.07, 6.45) is 0.732. The number of primary amides is 1. The van der Waals surface area contributed by atoms with E-state index in [2.05, 4.69) is 50.0 Å². The molecule has 0 saturated carbocycles. The molecule has 0 spiro atoms. The van der Waals surface area contributed by atoms with Gasteiger partial charge in [0.05, 0.1) is 5.54 Å². The number of hydrogen-bond donors (Lipinski definition) is 2. The van der Waals surface area contributed by atoms with Gasteiger partial charge in [-0.25, -0.2) is 0 Å². The van der Waals surface area contributed by atoms with E-state index in [0.717, 1.165) is 32.6 Å². The fraction of sp³-hybridized carbons (Fsp3) is 0.938. The summed E-state index contributed by atoms with van der Waals surface area (Å²) < 4.78 is 0. The lowest BCUT2D eigenvalue weighted by molar-refractivity contribution is -0.124. The van der Waals surface area contributed by atoms with Crippen LogP contribution >= 0.6 is 0 Å². The number of nitrogens with two attached hydrogens (primary N) is 1. The fourth-order valence-electron chi connectivity index (χ4n) is 2.66. The molecule has 0 aromatic carbocycles. The third kappa shape index (κ3) is 7.79. The van der Waals surface area contributed by atoms with Crippen molar-refractivity contribution in [3.63, 3.8) is 0 Å². The van der Waals surface area contributed by atoms with Gasteiger partial charge >= 0.3 is 0 Å². The third-order valence-corrected chi connectivity index (χ3v) is 3.87. The zero-order valence-electron chi connectivity index (χ0n) is 15.1. The van der Waals surface area contributed by atoms with E-state index in [-0.39, 0.29) is 5.91 Å². The van der Waals surface area contributed by atoms with Crippen molar-refractivity contribution in [3.05, 3.63) is 0 Å². The number of carbonyl (C=O) groups is 1. The van der Waals surface area contributed by atoms with Gasteiger partial charge in [-0.2, -0.15) is 0 Å². The number of nitrogens with one attached hydrogen (secondary N) is 1. The summed E-state index contributed by atoms with van der Waals surface area (Å²) in [4.78, 5) is 16.4. The predicted molar refractivity (Wildman–Crippen MR) is 90.3 cm³/mol. The first-order valence-electron chi connectivity index (χ1n) is 8.06. The van der Waals surface area contributed by atoms with Crippen molar-refractivity contribution < 1.29 is 4.79 Å². The number of hydrogen-bond acceptors (Lipinski definition) is 4. The number of nitrogens with zero attached hydrogens (tertiary/aromatic N) is 2. The molecule has 0 aromatic heterocycles. The van der Waals surface area contributed by atoms with Crippen molar-refractivity contribution in [1.82, 2.24) is 15.1 Å². The molecule has 0 rings (SSSR count). The van der Waals surface area contributed by atoms with Crippen LogP contribution in [0.25, 0.3) is 0 Å². The molecule has 1 amide bonds.